The zero-order valence-corrected chi connectivity index (χ0v) is 10.6. The van der Waals surface area contributed by atoms with Crippen LogP contribution in [0.5, 0.6) is 0 Å². The molecule has 0 spiro atoms. The number of nitrogens with zero attached hydrogens (tertiary/aromatic N) is 1. The number of hydrogen-bond donors (Lipinski definition) is 1. The molecule has 7 heteroatoms. The van der Waals surface area contributed by atoms with Crippen LogP contribution >= 0.6 is 15.9 Å². The summed E-state index contributed by atoms with van der Waals surface area (Å²) in [5, 5.41) is 0. The summed E-state index contributed by atoms with van der Waals surface area (Å²) >= 11 is 3.07. The third-order valence-corrected chi connectivity index (χ3v) is 2.52. The number of carbonyl (C=O) groups is 1. The number of nitrogens with two attached hydrogens (primary N) is 1. The second-order valence-electron chi connectivity index (χ2n) is 3.24. The molecule has 0 saturated carbocycles. The van der Waals surface area contributed by atoms with E-state index < -0.39 is 17.9 Å². The summed E-state index contributed by atoms with van der Waals surface area (Å²) in [7, 11) is 0. The molecule has 0 aliphatic heterocycles. The van der Waals surface area contributed by atoms with Gasteiger partial charge in [0.05, 0.1) is 6.61 Å². The number of ether oxygens (including phenoxy) is 1. The number of alkyl halides is 2. The molecule has 1 rings (SSSR count). The van der Waals surface area contributed by atoms with E-state index in [1.165, 1.54) is 25.3 Å². The van der Waals surface area contributed by atoms with E-state index in [1.54, 1.807) is 0 Å². The van der Waals surface area contributed by atoms with Gasteiger partial charge in [0.15, 0.2) is 0 Å². The van der Waals surface area contributed by atoms with Crippen molar-refractivity contribution >= 4 is 21.9 Å². The Morgan fingerprint density at radius 2 is 2.29 bits per heavy atom. The van der Waals surface area contributed by atoms with Crippen LogP contribution in [-0.2, 0) is 9.53 Å². The molecular weight excluding hydrogens is 298 g/mol. The van der Waals surface area contributed by atoms with Gasteiger partial charge in [-0.3, -0.25) is 0 Å². The molecule has 0 aliphatic rings. The molecule has 0 unspecified atom stereocenters. The first-order chi connectivity index (χ1) is 7.89. The number of carbonyl (C=O) groups excluding carboxylic acids is 1. The highest BCUT2D eigenvalue weighted by atomic mass is 79.9. The quantitative estimate of drug-likeness (QED) is 0.683. The SMILES string of the molecule is CCOC(=O)C(F)(F)[C@H](N)c1ccc(Br)nc1. The highest BCUT2D eigenvalue weighted by Gasteiger charge is 2.47. The van der Waals surface area contributed by atoms with Crippen LogP contribution in [0.2, 0.25) is 0 Å². The standard InChI is InChI=1S/C10H11BrF2N2O2/c1-2-17-9(16)10(12,13)8(14)6-3-4-7(11)15-5-6/h3-5,8H,2,14H2,1H3/t8-/m1/s1. The number of aromatic nitrogens is 1. The maximum Gasteiger partial charge on any atom is 0.379 e. The molecule has 94 valence electrons. The fourth-order valence-electron chi connectivity index (χ4n) is 1.13. The Labute approximate surface area is 105 Å². The second-order valence-corrected chi connectivity index (χ2v) is 4.05. The van der Waals surface area contributed by atoms with Crippen LogP contribution in [0.1, 0.15) is 18.5 Å². The van der Waals surface area contributed by atoms with Gasteiger partial charge in [0.2, 0.25) is 0 Å². The fraction of sp³-hybridized carbons (Fsp3) is 0.400. The average molecular weight is 309 g/mol. The summed E-state index contributed by atoms with van der Waals surface area (Å²) in [4.78, 5) is 14.8. The molecule has 4 nitrogen and oxygen atoms in total. The monoisotopic (exact) mass is 308 g/mol. The van der Waals surface area contributed by atoms with Gasteiger partial charge in [0.1, 0.15) is 10.6 Å². The van der Waals surface area contributed by atoms with Crippen LogP contribution in [0.25, 0.3) is 0 Å². The van der Waals surface area contributed by atoms with Crippen LogP contribution in [-0.4, -0.2) is 23.5 Å². The lowest BCUT2D eigenvalue weighted by molar-refractivity contribution is -0.174. The Kier molecular flexibility index (Phi) is 4.53. The number of rotatable bonds is 4. The van der Waals surface area contributed by atoms with E-state index in [1.807, 2.05) is 0 Å². The van der Waals surface area contributed by atoms with E-state index in [0.29, 0.717) is 4.60 Å². The second kappa shape index (κ2) is 5.50. The van der Waals surface area contributed by atoms with Crippen molar-refractivity contribution in [1.82, 2.24) is 4.98 Å². The topological polar surface area (TPSA) is 65.2 Å². The van der Waals surface area contributed by atoms with E-state index in [2.05, 4.69) is 25.7 Å². The molecule has 2 N–H and O–H groups in total. The van der Waals surface area contributed by atoms with Crippen molar-refractivity contribution in [3.63, 3.8) is 0 Å². The number of hydrogen-bond acceptors (Lipinski definition) is 4. The van der Waals surface area contributed by atoms with Gasteiger partial charge in [-0.1, -0.05) is 6.07 Å². The normalized spacial score (nSPS) is 13.2. The molecule has 0 saturated heterocycles. The number of esters is 1. The zero-order valence-electron chi connectivity index (χ0n) is 8.99. The Morgan fingerprint density at radius 3 is 2.76 bits per heavy atom. The molecule has 1 aromatic rings. The highest BCUT2D eigenvalue weighted by Crippen LogP contribution is 2.30. The zero-order chi connectivity index (χ0) is 13.1. The van der Waals surface area contributed by atoms with Crippen molar-refractivity contribution in [3.8, 4) is 0 Å². The molecule has 0 aliphatic carbocycles. The average Bonchev–Trinajstić information content (AvgIpc) is 2.29. The minimum atomic E-state index is -3.77. The predicted octanol–water partition coefficient (Wildman–Crippen LogP) is 2.04. The van der Waals surface area contributed by atoms with Gasteiger partial charge in [0, 0.05) is 6.20 Å². The summed E-state index contributed by atoms with van der Waals surface area (Å²) < 4.78 is 31.9. The van der Waals surface area contributed by atoms with Gasteiger partial charge in [-0.05, 0) is 34.5 Å². The Balaban J connectivity index is 2.91. The third kappa shape index (κ3) is 3.19. The molecule has 1 aromatic heterocycles. The number of pyridine rings is 1. The van der Waals surface area contributed by atoms with Crippen LogP contribution in [0.4, 0.5) is 8.78 Å². The van der Waals surface area contributed by atoms with Crippen LogP contribution in [0.15, 0.2) is 22.9 Å². The van der Waals surface area contributed by atoms with Crippen molar-refractivity contribution in [2.24, 2.45) is 5.73 Å². The molecule has 0 amide bonds. The molecular formula is C10H11BrF2N2O2. The van der Waals surface area contributed by atoms with Crippen LogP contribution in [0, 0.1) is 0 Å². The van der Waals surface area contributed by atoms with Crippen molar-refractivity contribution in [3.05, 3.63) is 28.5 Å². The smallest absolute Gasteiger partial charge is 0.379 e. The van der Waals surface area contributed by atoms with E-state index >= 15 is 0 Å². The van der Waals surface area contributed by atoms with Crippen molar-refractivity contribution in [2.45, 2.75) is 18.9 Å². The fourth-order valence-corrected chi connectivity index (χ4v) is 1.37. The van der Waals surface area contributed by atoms with E-state index in [9.17, 15) is 13.6 Å². The van der Waals surface area contributed by atoms with Crippen molar-refractivity contribution < 1.29 is 18.3 Å². The number of halogens is 3. The summed E-state index contributed by atoms with van der Waals surface area (Å²) in [5.74, 6) is -5.40. The first kappa shape index (κ1) is 14.0. The first-order valence-electron chi connectivity index (χ1n) is 4.81. The molecule has 0 aromatic carbocycles. The third-order valence-electron chi connectivity index (χ3n) is 2.05. The highest BCUT2D eigenvalue weighted by molar-refractivity contribution is 9.10. The van der Waals surface area contributed by atoms with Crippen LogP contribution < -0.4 is 5.73 Å². The van der Waals surface area contributed by atoms with E-state index in [0.717, 1.165) is 0 Å². The van der Waals surface area contributed by atoms with Crippen molar-refractivity contribution in [1.29, 1.82) is 0 Å². The predicted molar refractivity (Wildman–Crippen MR) is 60.4 cm³/mol. The van der Waals surface area contributed by atoms with Gasteiger partial charge in [-0.25, -0.2) is 9.78 Å². The summed E-state index contributed by atoms with van der Waals surface area (Å²) in [5.41, 5.74) is 5.41. The lowest BCUT2D eigenvalue weighted by Gasteiger charge is -2.21. The molecule has 0 fully saturated rings. The first-order valence-corrected chi connectivity index (χ1v) is 5.61. The molecule has 17 heavy (non-hydrogen) atoms. The van der Waals surface area contributed by atoms with E-state index in [-0.39, 0.29) is 12.2 Å². The minimum absolute atomic E-state index is 0.0613. The maximum atomic E-state index is 13.5. The molecule has 0 radical (unpaired) electrons. The van der Waals surface area contributed by atoms with Gasteiger partial charge >= 0.3 is 11.9 Å². The summed E-state index contributed by atoms with van der Waals surface area (Å²) in [6, 6.07) is 1.06. The lowest BCUT2D eigenvalue weighted by atomic mass is 10.0. The van der Waals surface area contributed by atoms with Gasteiger partial charge in [-0.2, -0.15) is 8.78 Å². The van der Waals surface area contributed by atoms with E-state index in [4.69, 9.17) is 5.73 Å². The molecule has 0 bridgehead atoms. The summed E-state index contributed by atoms with van der Waals surface area (Å²) in [6.45, 7) is 1.32. The maximum absolute atomic E-state index is 13.5. The Morgan fingerprint density at radius 1 is 1.65 bits per heavy atom. The van der Waals surface area contributed by atoms with Crippen LogP contribution in [0.3, 0.4) is 0 Å². The summed E-state index contributed by atoms with van der Waals surface area (Å²) in [6.07, 6.45) is 1.18. The Bertz CT molecular complexity index is 398. The molecule has 1 heterocycles. The largest absolute Gasteiger partial charge is 0.462 e. The molecule has 1 atom stereocenters. The minimum Gasteiger partial charge on any atom is -0.462 e. The van der Waals surface area contributed by atoms with Gasteiger partial charge in [-0.15, -0.1) is 0 Å². The van der Waals surface area contributed by atoms with Gasteiger partial charge < -0.3 is 10.5 Å². The Hall–Kier alpha value is -1.08. The van der Waals surface area contributed by atoms with Gasteiger partial charge in [0.25, 0.3) is 0 Å². The van der Waals surface area contributed by atoms with Crippen molar-refractivity contribution in [2.75, 3.05) is 6.61 Å². The lowest BCUT2D eigenvalue weighted by Crippen LogP contribution is -2.41.